The maximum atomic E-state index is 12.9. The number of hydrogen-bond acceptors (Lipinski definition) is 4. The average molecular weight is 335 g/mol. The van der Waals surface area contributed by atoms with Gasteiger partial charge in [-0.2, -0.15) is 0 Å². The fourth-order valence-electron chi connectivity index (χ4n) is 3.10. The molecule has 0 aromatic heterocycles. The average Bonchev–Trinajstić information content (AvgIpc) is 2.59. The van der Waals surface area contributed by atoms with Gasteiger partial charge in [-0.1, -0.05) is 0 Å². The van der Waals surface area contributed by atoms with E-state index >= 15 is 0 Å². The van der Waals surface area contributed by atoms with Crippen LogP contribution in [0.5, 0.6) is 11.5 Å². The summed E-state index contributed by atoms with van der Waals surface area (Å²) in [5.74, 6) is 0.240. The van der Waals surface area contributed by atoms with E-state index in [9.17, 15) is 9.59 Å². The Morgan fingerprint density at radius 3 is 2.75 bits per heavy atom. The third-order valence-corrected chi connectivity index (χ3v) is 4.29. The zero-order chi connectivity index (χ0) is 17.5. The Balaban J connectivity index is 2.18. The maximum Gasteiger partial charge on any atom is 0.303 e. The van der Waals surface area contributed by atoms with Crippen LogP contribution in [0.4, 0.5) is 0 Å². The first-order chi connectivity index (χ1) is 11.6. The molecule has 1 aromatic rings. The molecule has 2 rings (SSSR count). The van der Waals surface area contributed by atoms with Crippen LogP contribution >= 0.6 is 0 Å². The summed E-state index contributed by atoms with van der Waals surface area (Å²) in [7, 11) is 1.56. The van der Waals surface area contributed by atoms with E-state index < -0.39 is 5.97 Å². The zero-order valence-electron chi connectivity index (χ0n) is 14.3. The third kappa shape index (κ3) is 4.40. The second-order valence-corrected chi connectivity index (χ2v) is 5.88. The van der Waals surface area contributed by atoms with Gasteiger partial charge in [0.05, 0.1) is 13.7 Å². The Bertz CT molecular complexity index is 587. The molecule has 0 bridgehead atoms. The molecule has 1 aromatic carbocycles. The van der Waals surface area contributed by atoms with Crippen LogP contribution in [0, 0.1) is 0 Å². The molecule has 132 valence electrons. The van der Waals surface area contributed by atoms with Gasteiger partial charge >= 0.3 is 5.97 Å². The quantitative estimate of drug-likeness (QED) is 0.829. The molecule has 6 heteroatoms. The summed E-state index contributed by atoms with van der Waals surface area (Å²) in [4.78, 5) is 25.5. The first kappa shape index (κ1) is 18.1. The van der Waals surface area contributed by atoms with Crippen LogP contribution in [-0.2, 0) is 4.79 Å². The highest BCUT2D eigenvalue weighted by Crippen LogP contribution is 2.30. The second-order valence-electron chi connectivity index (χ2n) is 5.88. The number of likely N-dealkylation sites (tertiary alicyclic amines) is 1. The molecule has 0 radical (unpaired) electrons. The standard InChI is InChI=1S/C18H25NO5/c1-3-24-16-12-13(7-9-15(16)23-2)18(22)19-11-5-4-6-14(19)8-10-17(20)21/h7,9,12,14H,3-6,8,10-11H2,1-2H3,(H,20,21)/t14-/m0/s1. The van der Waals surface area contributed by atoms with Crippen molar-refractivity contribution in [2.45, 2.75) is 45.1 Å². The van der Waals surface area contributed by atoms with Crippen LogP contribution in [0.3, 0.4) is 0 Å². The van der Waals surface area contributed by atoms with Crippen LogP contribution < -0.4 is 9.47 Å². The van der Waals surface area contributed by atoms with E-state index in [0.717, 1.165) is 19.3 Å². The third-order valence-electron chi connectivity index (χ3n) is 4.29. The van der Waals surface area contributed by atoms with Gasteiger partial charge in [-0.05, 0) is 50.8 Å². The Hall–Kier alpha value is -2.24. The number of methoxy groups -OCH3 is 1. The fourth-order valence-corrected chi connectivity index (χ4v) is 3.10. The van der Waals surface area contributed by atoms with Crippen molar-refractivity contribution in [1.29, 1.82) is 0 Å². The summed E-state index contributed by atoms with van der Waals surface area (Å²) in [5.41, 5.74) is 0.543. The lowest BCUT2D eigenvalue weighted by Gasteiger charge is -2.35. The van der Waals surface area contributed by atoms with E-state index in [4.69, 9.17) is 14.6 Å². The van der Waals surface area contributed by atoms with E-state index in [0.29, 0.717) is 36.6 Å². The fraction of sp³-hybridized carbons (Fsp3) is 0.556. The summed E-state index contributed by atoms with van der Waals surface area (Å²) in [6.45, 7) is 3.03. The minimum Gasteiger partial charge on any atom is -0.493 e. The second kappa shape index (κ2) is 8.57. The number of carbonyl (C=O) groups is 2. The largest absolute Gasteiger partial charge is 0.493 e. The van der Waals surface area contributed by atoms with Crippen molar-refractivity contribution >= 4 is 11.9 Å². The summed E-state index contributed by atoms with van der Waals surface area (Å²) in [6.07, 6.45) is 3.41. The zero-order valence-corrected chi connectivity index (χ0v) is 14.3. The number of carbonyl (C=O) groups excluding carboxylic acids is 1. The van der Waals surface area contributed by atoms with E-state index in [1.807, 2.05) is 11.8 Å². The number of carboxylic acids is 1. The van der Waals surface area contributed by atoms with E-state index in [2.05, 4.69) is 0 Å². The van der Waals surface area contributed by atoms with Crippen LogP contribution in [0.2, 0.25) is 0 Å². The number of aliphatic carboxylic acids is 1. The molecule has 1 N–H and O–H groups in total. The minimum absolute atomic E-state index is 0.0139. The molecule has 1 aliphatic heterocycles. The molecular formula is C18H25NO5. The normalized spacial score (nSPS) is 17.4. The molecule has 1 saturated heterocycles. The predicted molar refractivity (Wildman–Crippen MR) is 89.7 cm³/mol. The number of nitrogens with zero attached hydrogens (tertiary/aromatic N) is 1. The van der Waals surface area contributed by atoms with Crippen molar-refractivity contribution in [3.05, 3.63) is 23.8 Å². The highest BCUT2D eigenvalue weighted by atomic mass is 16.5. The number of rotatable bonds is 7. The highest BCUT2D eigenvalue weighted by Gasteiger charge is 2.28. The Labute approximate surface area is 142 Å². The summed E-state index contributed by atoms with van der Waals surface area (Å²) in [6, 6.07) is 5.15. The summed E-state index contributed by atoms with van der Waals surface area (Å²) in [5, 5.41) is 8.91. The number of amides is 1. The molecule has 1 fully saturated rings. The number of hydrogen-bond donors (Lipinski definition) is 1. The van der Waals surface area contributed by atoms with E-state index in [1.165, 1.54) is 0 Å². The Morgan fingerprint density at radius 2 is 2.08 bits per heavy atom. The SMILES string of the molecule is CCOc1cc(C(=O)N2CCCC[C@H]2CCC(=O)O)ccc1OC. The lowest BCUT2D eigenvalue weighted by molar-refractivity contribution is -0.137. The van der Waals surface area contributed by atoms with E-state index in [-0.39, 0.29) is 18.4 Å². The highest BCUT2D eigenvalue weighted by molar-refractivity contribution is 5.95. The lowest BCUT2D eigenvalue weighted by atomic mass is 9.97. The number of ether oxygens (including phenoxy) is 2. The van der Waals surface area contributed by atoms with Crippen molar-refractivity contribution in [3.63, 3.8) is 0 Å². The molecule has 1 heterocycles. The van der Waals surface area contributed by atoms with Gasteiger partial charge < -0.3 is 19.5 Å². The van der Waals surface area contributed by atoms with Crippen molar-refractivity contribution < 1.29 is 24.2 Å². The molecular weight excluding hydrogens is 310 g/mol. The topological polar surface area (TPSA) is 76.1 Å². The van der Waals surface area contributed by atoms with Gasteiger partial charge in [-0.15, -0.1) is 0 Å². The van der Waals surface area contributed by atoms with Gasteiger partial charge in [0.25, 0.3) is 5.91 Å². The molecule has 6 nitrogen and oxygen atoms in total. The van der Waals surface area contributed by atoms with Crippen LogP contribution in [0.1, 0.15) is 49.4 Å². The number of carboxylic acid groups (broad SMARTS) is 1. The molecule has 0 unspecified atom stereocenters. The molecule has 0 spiro atoms. The van der Waals surface area contributed by atoms with Gasteiger partial charge in [0.15, 0.2) is 11.5 Å². The van der Waals surface area contributed by atoms with Crippen molar-refractivity contribution in [3.8, 4) is 11.5 Å². The smallest absolute Gasteiger partial charge is 0.303 e. The van der Waals surface area contributed by atoms with Gasteiger partial charge in [-0.25, -0.2) is 0 Å². The number of benzene rings is 1. The first-order valence-electron chi connectivity index (χ1n) is 8.40. The van der Waals surface area contributed by atoms with Crippen molar-refractivity contribution in [2.24, 2.45) is 0 Å². The van der Waals surface area contributed by atoms with Crippen molar-refractivity contribution in [2.75, 3.05) is 20.3 Å². The van der Waals surface area contributed by atoms with E-state index in [1.54, 1.807) is 25.3 Å². The number of piperidine rings is 1. The molecule has 0 saturated carbocycles. The van der Waals surface area contributed by atoms with Gasteiger partial charge in [0, 0.05) is 24.6 Å². The predicted octanol–water partition coefficient (Wildman–Crippen LogP) is 2.95. The van der Waals surface area contributed by atoms with Crippen LogP contribution in [-0.4, -0.2) is 48.2 Å². The summed E-state index contributed by atoms with van der Waals surface area (Å²) >= 11 is 0. The first-order valence-corrected chi connectivity index (χ1v) is 8.40. The van der Waals surface area contributed by atoms with Gasteiger partial charge in [0.2, 0.25) is 0 Å². The molecule has 0 aliphatic carbocycles. The minimum atomic E-state index is -0.823. The molecule has 1 aliphatic rings. The van der Waals surface area contributed by atoms with Crippen molar-refractivity contribution in [1.82, 2.24) is 4.90 Å². The molecule has 1 amide bonds. The molecule has 24 heavy (non-hydrogen) atoms. The molecule has 1 atom stereocenters. The summed E-state index contributed by atoms with van der Waals surface area (Å²) < 4.78 is 10.8. The maximum absolute atomic E-state index is 12.9. The Morgan fingerprint density at radius 1 is 1.29 bits per heavy atom. The van der Waals surface area contributed by atoms with Crippen LogP contribution in [0.25, 0.3) is 0 Å². The van der Waals surface area contributed by atoms with Crippen LogP contribution in [0.15, 0.2) is 18.2 Å². The monoisotopic (exact) mass is 335 g/mol. The lowest BCUT2D eigenvalue weighted by Crippen LogP contribution is -2.44. The Kier molecular flexibility index (Phi) is 6.46. The van der Waals surface area contributed by atoms with Gasteiger partial charge in [-0.3, -0.25) is 9.59 Å². The van der Waals surface area contributed by atoms with Gasteiger partial charge in [0.1, 0.15) is 0 Å².